The molecule has 1 aromatic carbocycles. The third-order valence-corrected chi connectivity index (χ3v) is 4.53. The van der Waals surface area contributed by atoms with E-state index >= 15 is 0 Å². The summed E-state index contributed by atoms with van der Waals surface area (Å²) in [5.41, 5.74) is 5.93. The zero-order valence-corrected chi connectivity index (χ0v) is 13.0. The van der Waals surface area contributed by atoms with Gasteiger partial charge < -0.3 is 15.2 Å². The highest BCUT2D eigenvalue weighted by molar-refractivity contribution is 7.89. The van der Waals surface area contributed by atoms with Crippen LogP contribution in [0.2, 0.25) is 0 Å². The average Bonchev–Trinajstić information content (AvgIpc) is 2.37. The lowest BCUT2D eigenvalue weighted by atomic mass is 10.1. The Morgan fingerprint density at radius 2 is 1.95 bits per heavy atom. The molecule has 1 rings (SSSR count). The Morgan fingerprint density at radius 1 is 1.30 bits per heavy atom. The molecule has 0 radical (unpaired) electrons. The van der Waals surface area contributed by atoms with Crippen LogP contribution in [0.15, 0.2) is 23.1 Å². The molecule has 0 aliphatic rings. The maximum Gasteiger partial charge on any atom is 0.242 e. The zero-order chi connectivity index (χ0) is 15.3. The minimum atomic E-state index is -3.69. The number of anilines is 1. The lowest BCUT2D eigenvalue weighted by Gasteiger charge is -2.22. The van der Waals surface area contributed by atoms with Crippen LogP contribution in [-0.2, 0) is 14.8 Å². The van der Waals surface area contributed by atoms with Crippen molar-refractivity contribution in [1.82, 2.24) is 4.72 Å². The third kappa shape index (κ3) is 4.09. The van der Waals surface area contributed by atoms with Crippen molar-refractivity contribution in [3.63, 3.8) is 0 Å². The minimum absolute atomic E-state index is 0.0417. The Bertz CT molecular complexity index is 543. The van der Waals surface area contributed by atoms with Crippen molar-refractivity contribution < 1.29 is 17.9 Å². The molecule has 0 amide bonds. The second-order valence-electron chi connectivity index (χ2n) is 4.83. The molecule has 20 heavy (non-hydrogen) atoms. The van der Waals surface area contributed by atoms with Crippen molar-refractivity contribution in [2.75, 3.05) is 26.6 Å². The summed E-state index contributed by atoms with van der Waals surface area (Å²) in [6, 6.07) is 4.16. The van der Waals surface area contributed by atoms with E-state index < -0.39 is 10.0 Å². The normalized spacial score (nSPS) is 13.4. The summed E-state index contributed by atoms with van der Waals surface area (Å²) < 4.78 is 37.4. The third-order valence-electron chi connectivity index (χ3n) is 2.96. The SMILES string of the molecule is COCC(NS(=O)(=O)c1ccc(OC)cc1N)C(C)C. The molecule has 0 spiro atoms. The van der Waals surface area contributed by atoms with E-state index in [4.69, 9.17) is 15.2 Å². The van der Waals surface area contributed by atoms with Gasteiger partial charge in [0, 0.05) is 19.2 Å². The number of ether oxygens (including phenoxy) is 2. The Balaban J connectivity index is 3.04. The topological polar surface area (TPSA) is 90.6 Å². The Labute approximate surface area is 120 Å². The first kappa shape index (κ1) is 16.7. The van der Waals surface area contributed by atoms with Crippen LogP contribution in [0.1, 0.15) is 13.8 Å². The molecule has 0 fully saturated rings. The summed E-state index contributed by atoms with van der Waals surface area (Å²) in [6.07, 6.45) is 0. The molecule has 3 N–H and O–H groups in total. The molecule has 6 nitrogen and oxygen atoms in total. The predicted molar refractivity (Wildman–Crippen MR) is 78.2 cm³/mol. The van der Waals surface area contributed by atoms with Crippen LogP contribution < -0.4 is 15.2 Å². The highest BCUT2D eigenvalue weighted by Gasteiger charge is 2.24. The largest absolute Gasteiger partial charge is 0.497 e. The number of nitrogens with one attached hydrogen (secondary N) is 1. The number of hydrogen-bond acceptors (Lipinski definition) is 5. The molecular weight excluding hydrogens is 280 g/mol. The lowest BCUT2D eigenvalue weighted by molar-refractivity contribution is 0.157. The van der Waals surface area contributed by atoms with Gasteiger partial charge in [-0.15, -0.1) is 0 Å². The van der Waals surface area contributed by atoms with Gasteiger partial charge in [0.05, 0.1) is 19.4 Å². The van der Waals surface area contributed by atoms with Crippen LogP contribution in [0.4, 0.5) is 5.69 Å². The van der Waals surface area contributed by atoms with Crippen LogP contribution in [0.5, 0.6) is 5.75 Å². The Morgan fingerprint density at radius 3 is 2.40 bits per heavy atom. The first-order valence-corrected chi connectivity index (χ1v) is 7.75. The molecule has 0 aliphatic heterocycles. The van der Waals surface area contributed by atoms with Crippen LogP contribution >= 0.6 is 0 Å². The zero-order valence-electron chi connectivity index (χ0n) is 12.2. The smallest absolute Gasteiger partial charge is 0.242 e. The average molecular weight is 302 g/mol. The van der Waals surface area contributed by atoms with Crippen LogP contribution in [-0.4, -0.2) is 35.3 Å². The second-order valence-corrected chi connectivity index (χ2v) is 6.51. The minimum Gasteiger partial charge on any atom is -0.497 e. The van der Waals surface area contributed by atoms with Gasteiger partial charge in [0.15, 0.2) is 0 Å². The van der Waals surface area contributed by atoms with Gasteiger partial charge in [-0.05, 0) is 18.1 Å². The monoisotopic (exact) mass is 302 g/mol. The number of rotatable bonds is 7. The summed E-state index contributed by atoms with van der Waals surface area (Å²) in [5.74, 6) is 0.614. The number of nitrogen functional groups attached to an aromatic ring is 1. The molecule has 0 bridgehead atoms. The Kier molecular flexibility index (Phi) is 5.79. The molecule has 1 aromatic rings. The van der Waals surface area contributed by atoms with Crippen molar-refractivity contribution >= 4 is 15.7 Å². The molecule has 0 aliphatic carbocycles. The predicted octanol–water partition coefficient (Wildman–Crippen LogP) is 1.23. The van der Waals surface area contributed by atoms with E-state index in [0.717, 1.165) is 0 Å². The fourth-order valence-electron chi connectivity index (χ4n) is 1.70. The van der Waals surface area contributed by atoms with E-state index in [1.165, 1.54) is 26.4 Å². The summed E-state index contributed by atoms with van der Waals surface area (Å²) in [4.78, 5) is 0.0417. The fraction of sp³-hybridized carbons (Fsp3) is 0.538. The second kappa shape index (κ2) is 6.92. The number of methoxy groups -OCH3 is 2. The summed E-state index contributed by atoms with van der Waals surface area (Å²) in [7, 11) is -0.665. The highest BCUT2D eigenvalue weighted by Crippen LogP contribution is 2.24. The summed E-state index contributed by atoms with van der Waals surface area (Å²) in [5, 5.41) is 0. The molecule has 0 saturated heterocycles. The quantitative estimate of drug-likeness (QED) is 0.739. The number of benzene rings is 1. The molecular formula is C13H22N2O4S. The van der Waals surface area contributed by atoms with Gasteiger partial charge in [-0.2, -0.15) is 0 Å². The van der Waals surface area contributed by atoms with Crippen LogP contribution in [0.25, 0.3) is 0 Å². The van der Waals surface area contributed by atoms with Crippen molar-refractivity contribution in [3.05, 3.63) is 18.2 Å². The van der Waals surface area contributed by atoms with Gasteiger partial charge in [0.2, 0.25) is 10.0 Å². The highest BCUT2D eigenvalue weighted by atomic mass is 32.2. The number of nitrogens with two attached hydrogens (primary N) is 1. The van der Waals surface area contributed by atoms with Gasteiger partial charge in [-0.3, -0.25) is 0 Å². The van der Waals surface area contributed by atoms with E-state index in [1.807, 2.05) is 13.8 Å². The molecule has 1 atom stereocenters. The summed E-state index contributed by atoms with van der Waals surface area (Å²) >= 11 is 0. The van der Waals surface area contributed by atoms with E-state index in [9.17, 15) is 8.42 Å². The Hall–Kier alpha value is -1.31. The van der Waals surface area contributed by atoms with Crippen LogP contribution in [0, 0.1) is 5.92 Å². The van der Waals surface area contributed by atoms with Gasteiger partial charge in [0.25, 0.3) is 0 Å². The van der Waals surface area contributed by atoms with Gasteiger partial charge in [0.1, 0.15) is 10.6 Å². The van der Waals surface area contributed by atoms with Gasteiger partial charge in [-0.1, -0.05) is 13.8 Å². The molecule has 7 heteroatoms. The maximum absolute atomic E-state index is 12.4. The molecule has 0 saturated carbocycles. The van der Waals surface area contributed by atoms with Gasteiger partial charge >= 0.3 is 0 Å². The van der Waals surface area contributed by atoms with E-state index in [2.05, 4.69) is 4.72 Å². The van der Waals surface area contributed by atoms with E-state index in [0.29, 0.717) is 12.4 Å². The van der Waals surface area contributed by atoms with Crippen molar-refractivity contribution in [2.24, 2.45) is 5.92 Å². The first-order valence-electron chi connectivity index (χ1n) is 6.26. The van der Waals surface area contributed by atoms with Crippen molar-refractivity contribution in [1.29, 1.82) is 0 Å². The lowest BCUT2D eigenvalue weighted by Crippen LogP contribution is -2.41. The maximum atomic E-state index is 12.4. The van der Waals surface area contributed by atoms with Gasteiger partial charge in [-0.25, -0.2) is 13.1 Å². The fourth-order valence-corrected chi connectivity index (χ4v) is 3.19. The number of sulfonamides is 1. The standard InChI is InChI=1S/C13H22N2O4S/c1-9(2)12(8-18-3)15-20(16,17)13-6-5-10(19-4)7-11(13)14/h5-7,9,12,15H,8,14H2,1-4H3. The molecule has 0 heterocycles. The van der Waals surface area contributed by atoms with Crippen LogP contribution in [0.3, 0.4) is 0 Å². The molecule has 0 aromatic heterocycles. The van der Waals surface area contributed by atoms with E-state index in [1.54, 1.807) is 6.07 Å². The van der Waals surface area contributed by atoms with E-state index in [-0.39, 0.29) is 22.5 Å². The molecule has 114 valence electrons. The first-order chi connectivity index (χ1) is 9.31. The summed E-state index contributed by atoms with van der Waals surface area (Å²) in [6.45, 7) is 4.14. The van der Waals surface area contributed by atoms with Crippen molar-refractivity contribution in [3.8, 4) is 5.75 Å². The van der Waals surface area contributed by atoms with Crippen molar-refractivity contribution in [2.45, 2.75) is 24.8 Å². The molecule has 1 unspecified atom stereocenters. The number of hydrogen-bond donors (Lipinski definition) is 2.